The highest BCUT2D eigenvalue weighted by atomic mass is 16.6. The number of anilines is 1. The first-order valence-corrected chi connectivity index (χ1v) is 11.0. The number of carbonyl (C=O) groups excluding carboxylic acids is 1. The summed E-state index contributed by atoms with van der Waals surface area (Å²) in [6.45, 7) is 6.16. The SMILES string of the molecule is C=CCc1cc(/C=C(\C#N)C(=O)Nc2cccc([N+](=O)[O-])c2)cc(OC)c1OCc1ccc(C)cc1. The second-order valence-electron chi connectivity index (χ2n) is 7.91. The maximum absolute atomic E-state index is 12.7. The highest BCUT2D eigenvalue weighted by Crippen LogP contribution is 2.35. The number of amides is 1. The fourth-order valence-electron chi connectivity index (χ4n) is 3.44. The summed E-state index contributed by atoms with van der Waals surface area (Å²) < 4.78 is 11.6. The molecule has 0 atom stereocenters. The molecule has 0 heterocycles. The molecular weight excluding hydrogens is 458 g/mol. The average molecular weight is 484 g/mol. The highest BCUT2D eigenvalue weighted by Gasteiger charge is 2.16. The number of methoxy groups -OCH3 is 1. The minimum absolute atomic E-state index is 0.171. The van der Waals surface area contributed by atoms with E-state index in [4.69, 9.17) is 9.47 Å². The lowest BCUT2D eigenvalue weighted by molar-refractivity contribution is -0.384. The van der Waals surface area contributed by atoms with Crippen molar-refractivity contribution in [3.8, 4) is 17.6 Å². The molecule has 8 nitrogen and oxygen atoms in total. The summed E-state index contributed by atoms with van der Waals surface area (Å²) in [4.78, 5) is 23.1. The molecule has 0 aliphatic rings. The zero-order valence-electron chi connectivity index (χ0n) is 20.0. The van der Waals surface area contributed by atoms with Gasteiger partial charge in [-0.2, -0.15) is 5.26 Å². The minimum atomic E-state index is -0.693. The Labute approximate surface area is 209 Å². The van der Waals surface area contributed by atoms with Gasteiger partial charge in [0.2, 0.25) is 0 Å². The Morgan fingerprint density at radius 2 is 1.94 bits per heavy atom. The van der Waals surface area contributed by atoms with Crippen LogP contribution in [0.5, 0.6) is 11.5 Å². The molecule has 1 N–H and O–H groups in total. The summed E-state index contributed by atoms with van der Waals surface area (Å²) in [6, 6.07) is 18.9. The summed E-state index contributed by atoms with van der Waals surface area (Å²) in [6.07, 6.45) is 3.62. The lowest BCUT2D eigenvalue weighted by Crippen LogP contribution is -2.13. The van der Waals surface area contributed by atoms with E-state index in [2.05, 4.69) is 11.9 Å². The monoisotopic (exact) mass is 483 g/mol. The van der Waals surface area contributed by atoms with E-state index in [9.17, 15) is 20.2 Å². The third-order valence-electron chi connectivity index (χ3n) is 5.23. The average Bonchev–Trinajstić information content (AvgIpc) is 2.87. The van der Waals surface area contributed by atoms with Crippen LogP contribution in [0.15, 0.2) is 78.9 Å². The Hall–Kier alpha value is -4.90. The van der Waals surface area contributed by atoms with Crippen molar-refractivity contribution in [2.45, 2.75) is 20.0 Å². The Bertz CT molecular complexity index is 1350. The van der Waals surface area contributed by atoms with Gasteiger partial charge in [-0.1, -0.05) is 42.0 Å². The Morgan fingerprint density at radius 3 is 2.58 bits per heavy atom. The van der Waals surface area contributed by atoms with Crippen LogP contribution in [0.2, 0.25) is 0 Å². The fraction of sp³-hybridized carbons (Fsp3) is 0.143. The molecule has 182 valence electrons. The number of benzene rings is 3. The van der Waals surface area contributed by atoms with Crippen molar-refractivity contribution in [1.82, 2.24) is 0 Å². The number of rotatable bonds is 10. The number of allylic oxidation sites excluding steroid dienone is 1. The van der Waals surface area contributed by atoms with Gasteiger partial charge in [0.05, 0.1) is 12.0 Å². The molecule has 0 bridgehead atoms. The van der Waals surface area contributed by atoms with E-state index in [0.29, 0.717) is 30.1 Å². The first-order valence-electron chi connectivity index (χ1n) is 11.0. The van der Waals surface area contributed by atoms with E-state index >= 15 is 0 Å². The largest absolute Gasteiger partial charge is 0.493 e. The van der Waals surface area contributed by atoms with Crippen LogP contribution < -0.4 is 14.8 Å². The number of ether oxygens (including phenoxy) is 2. The molecule has 3 aromatic carbocycles. The molecule has 0 aromatic heterocycles. The van der Waals surface area contributed by atoms with Gasteiger partial charge in [-0.25, -0.2) is 0 Å². The van der Waals surface area contributed by atoms with Gasteiger partial charge in [-0.05, 0) is 48.7 Å². The number of non-ortho nitro benzene ring substituents is 1. The molecule has 0 aliphatic carbocycles. The maximum Gasteiger partial charge on any atom is 0.271 e. The van der Waals surface area contributed by atoms with Gasteiger partial charge in [0.25, 0.3) is 11.6 Å². The summed E-state index contributed by atoms with van der Waals surface area (Å²) in [5.74, 6) is 0.306. The van der Waals surface area contributed by atoms with Gasteiger partial charge in [-0.15, -0.1) is 6.58 Å². The molecule has 0 fully saturated rings. The molecule has 1 amide bonds. The van der Waals surface area contributed by atoms with Crippen LogP contribution in [-0.4, -0.2) is 17.9 Å². The quantitative estimate of drug-likeness (QED) is 0.129. The van der Waals surface area contributed by atoms with Crippen LogP contribution in [0.25, 0.3) is 6.08 Å². The second kappa shape index (κ2) is 12.0. The lowest BCUT2D eigenvalue weighted by Gasteiger charge is -2.16. The Kier molecular flexibility index (Phi) is 8.57. The summed E-state index contributed by atoms with van der Waals surface area (Å²) in [5, 5.41) is 23.1. The summed E-state index contributed by atoms with van der Waals surface area (Å²) in [5.41, 5.74) is 3.34. The second-order valence-corrected chi connectivity index (χ2v) is 7.91. The van der Waals surface area contributed by atoms with E-state index in [1.165, 1.54) is 37.5 Å². The molecular formula is C28H25N3O5. The van der Waals surface area contributed by atoms with Gasteiger partial charge in [0.1, 0.15) is 18.2 Å². The number of nitrogens with one attached hydrogen (secondary N) is 1. The van der Waals surface area contributed by atoms with Crippen molar-refractivity contribution in [3.05, 3.63) is 111 Å². The lowest BCUT2D eigenvalue weighted by atomic mass is 10.0. The molecule has 0 aliphatic heterocycles. The predicted octanol–water partition coefficient (Wildman–Crippen LogP) is 5.77. The van der Waals surface area contributed by atoms with E-state index in [1.54, 1.807) is 18.2 Å². The van der Waals surface area contributed by atoms with Crippen LogP contribution in [0.4, 0.5) is 11.4 Å². The number of hydrogen-bond acceptors (Lipinski definition) is 6. The molecule has 0 saturated carbocycles. The fourth-order valence-corrected chi connectivity index (χ4v) is 3.44. The van der Waals surface area contributed by atoms with Gasteiger partial charge in [0.15, 0.2) is 11.5 Å². The summed E-state index contributed by atoms with van der Waals surface area (Å²) >= 11 is 0. The molecule has 36 heavy (non-hydrogen) atoms. The van der Waals surface area contributed by atoms with Crippen molar-refractivity contribution >= 4 is 23.4 Å². The number of nitro benzene ring substituents is 1. The topological polar surface area (TPSA) is 114 Å². The minimum Gasteiger partial charge on any atom is -0.493 e. The van der Waals surface area contributed by atoms with Crippen LogP contribution in [-0.2, 0) is 17.8 Å². The van der Waals surface area contributed by atoms with E-state index in [0.717, 1.165) is 16.7 Å². The van der Waals surface area contributed by atoms with E-state index in [-0.39, 0.29) is 16.9 Å². The molecule has 3 rings (SSSR count). The molecule has 0 radical (unpaired) electrons. The maximum atomic E-state index is 12.7. The first kappa shape index (κ1) is 25.7. The highest BCUT2D eigenvalue weighted by molar-refractivity contribution is 6.09. The number of nitrogens with zero attached hydrogens (tertiary/aromatic N) is 2. The molecule has 0 spiro atoms. The molecule has 0 unspecified atom stereocenters. The standard InChI is InChI=1S/C28H25N3O5/c1-4-6-22-13-21(15-26(35-3)27(22)36-18-20-11-9-19(2)10-12-20)14-23(17-29)28(32)30-24-7-5-8-25(16-24)31(33)34/h4-5,7-16H,1,6,18H2,2-3H3,(H,30,32)/b23-14+. The number of aryl methyl sites for hydroxylation is 1. The third-order valence-corrected chi connectivity index (χ3v) is 5.23. The van der Waals surface area contributed by atoms with Crippen molar-refractivity contribution in [2.24, 2.45) is 0 Å². The predicted molar refractivity (Wildman–Crippen MR) is 138 cm³/mol. The van der Waals surface area contributed by atoms with Crippen molar-refractivity contribution in [1.29, 1.82) is 5.26 Å². The van der Waals surface area contributed by atoms with E-state index < -0.39 is 10.8 Å². The van der Waals surface area contributed by atoms with Crippen LogP contribution in [0, 0.1) is 28.4 Å². The zero-order chi connectivity index (χ0) is 26.1. The smallest absolute Gasteiger partial charge is 0.271 e. The van der Waals surface area contributed by atoms with Crippen molar-refractivity contribution < 1.29 is 19.2 Å². The van der Waals surface area contributed by atoms with Crippen LogP contribution in [0.1, 0.15) is 22.3 Å². The number of nitriles is 1. The Balaban J connectivity index is 1.89. The molecule has 8 heteroatoms. The molecule has 3 aromatic rings. The normalized spacial score (nSPS) is 10.8. The summed E-state index contributed by atoms with van der Waals surface area (Å²) in [7, 11) is 1.51. The third kappa shape index (κ3) is 6.58. The Morgan fingerprint density at radius 1 is 1.19 bits per heavy atom. The van der Waals surface area contributed by atoms with Gasteiger partial charge < -0.3 is 14.8 Å². The van der Waals surface area contributed by atoms with Gasteiger partial charge >= 0.3 is 0 Å². The van der Waals surface area contributed by atoms with Gasteiger partial charge in [0, 0.05) is 23.4 Å². The van der Waals surface area contributed by atoms with Crippen LogP contribution in [0.3, 0.4) is 0 Å². The van der Waals surface area contributed by atoms with Crippen molar-refractivity contribution in [2.75, 3.05) is 12.4 Å². The molecule has 0 saturated heterocycles. The first-order chi connectivity index (χ1) is 17.3. The van der Waals surface area contributed by atoms with Crippen LogP contribution >= 0.6 is 0 Å². The van der Waals surface area contributed by atoms with E-state index in [1.807, 2.05) is 37.3 Å². The number of hydrogen-bond donors (Lipinski definition) is 1. The number of carbonyl (C=O) groups is 1. The van der Waals surface area contributed by atoms with Crippen molar-refractivity contribution in [3.63, 3.8) is 0 Å². The van der Waals surface area contributed by atoms with Gasteiger partial charge in [-0.3, -0.25) is 14.9 Å². The number of nitro groups is 1. The zero-order valence-corrected chi connectivity index (χ0v) is 20.0.